The fraction of sp³-hybridized carbons (Fsp3) is 0.391. The maximum absolute atomic E-state index is 12.6. The monoisotopic (exact) mass is 375 g/mol. The van der Waals surface area contributed by atoms with Crippen LogP contribution in [0.25, 0.3) is 11.0 Å². The van der Waals surface area contributed by atoms with Crippen molar-refractivity contribution in [2.45, 2.75) is 52.1 Å². The van der Waals surface area contributed by atoms with E-state index in [4.69, 9.17) is 9.72 Å². The van der Waals surface area contributed by atoms with E-state index in [0.29, 0.717) is 6.42 Å². The van der Waals surface area contributed by atoms with Gasteiger partial charge in [-0.25, -0.2) is 4.98 Å². The summed E-state index contributed by atoms with van der Waals surface area (Å²) in [4.78, 5) is 22.6. The van der Waals surface area contributed by atoms with Crippen LogP contribution < -0.4 is 9.64 Å². The Hall–Kier alpha value is -2.82. The first-order chi connectivity index (χ1) is 13.6. The Morgan fingerprint density at radius 2 is 2.04 bits per heavy atom. The molecule has 5 rings (SSSR count). The van der Waals surface area contributed by atoms with Gasteiger partial charge in [0.25, 0.3) is 0 Å². The molecular formula is C23H25N3O2. The molecule has 0 bridgehead atoms. The number of aromatic nitrogens is 2. The van der Waals surface area contributed by atoms with Crippen LogP contribution in [0.5, 0.6) is 5.75 Å². The molecule has 1 atom stereocenters. The van der Waals surface area contributed by atoms with Crippen LogP contribution in [-0.4, -0.2) is 22.4 Å². The molecule has 5 nitrogen and oxygen atoms in total. The molecule has 2 aliphatic rings. The number of anilines is 1. The van der Waals surface area contributed by atoms with E-state index in [1.165, 1.54) is 11.1 Å². The van der Waals surface area contributed by atoms with Gasteiger partial charge in [-0.2, -0.15) is 0 Å². The minimum atomic E-state index is 0.0150. The molecular weight excluding hydrogens is 350 g/mol. The van der Waals surface area contributed by atoms with Crippen molar-refractivity contribution in [2.75, 3.05) is 11.4 Å². The third kappa shape index (κ3) is 2.77. The maximum Gasteiger partial charge on any atom is 0.226 e. The van der Waals surface area contributed by atoms with Crippen molar-refractivity contribution in [1.29, 1.82) is 0 Å². The normalized spacial score (nSPS) is 19.6. The average molecular weight is 375 g/mol. The van der Waals surface area contributed by atoms with Crippen molar-refractivity contribution in [3.8, 4) is 5.75 Å². The summed E-state index contributed by atoms with van der Waals surface area (Å²) in [6.45, 7) is 4.87. The predicted molar refractivity (Wildman–Crippen MR) is 110 cm³/mol. The number of carbonyl (C=O) groups is 1. The Kier molecular flexibility index (Phi) is 4.11. The highest BCUT2D eigenvalue weighted by Crippen LogP contribution is 2.45. The molecule has 5 heteroatoms. The lowest BCUT2D eigenvalue weighted by Gasteiger charge is -2.33. The summed E-state index contributed by atoms with van der Waals surface area (Å²) >= 11 is 0. The lowest BCUT2D eigenvalue weighted by atomic mass is 9.93. The molecule has 2 aliphatic heterocycles. The molecule has 0 radical (unpaired) electrons. The Bertz CT molecular complexity index is 1070. The van der Waals surface area contributed by atoms with Crippen molar-refractivity contribution < 1.29 is 9.53 Å². The number of amides is 1. The summed E-state index contributed by atoms with van der Waals surface area (Å²) < 4.78 is 6.57. The van der Waals surface area contributed by atoms with Gasteiger partial charge in [-0.1, -0.05) is 24.3 Å². The van der Waals surface area contributed by atoms with Gasteiger partial charge in [-0.3, -0.25) is 4.79 Å². The average Bonchev–Trinajstić information content (AvgIpc) is 3.08. The van der Waals surface area contributed by atoms with E-state index in [2.05, 4.69) is 42.2 Å². The third-order valence-electron chi connectivity index (χ3n) is 6.00. The van der Waals surface area contributed by atoms with E-state index >= 15 is 0 Å². The van der Waals surface area contributed by atoms with E-state index < -0.39 is 0 Å². The molecule has 1 aromatic heterocycles. The number of fused-ring (bicyclic) bond motifs is 3. The van der Waals surface area contributed by atoms with Crippen LogP contribution in [0.2, 0.25) is 0 Å². The summed E-state index contributed by atoms with van der Waals surface area (Å²) in [5.74, 6) is 1.92. The van der Waals surface area contributed by atoms with Crippen LogP contribution in [0, 0.1) is 13.8 Å². The number of hydrogen-bond acceptors (Lipinski definition) is 3. The number of hydrogen-bond donors (Lipinski definition) is 1. The number of nitrogens with one attached hydrogen (secondary N) is 1. The highest BCUT2D eigenvalue weighted by Gasteiger charge is 2.31. The van der Waals surface area contributed by atoms with Gasteiger partial charge in [0.05, 0.1) is 11.2 Å². The Labute approximate surface area is 164 Å². The Balaban J connectivity index is 1.64. The van der Waals surface area contributed by atoms with Crippen LogP contribution in [0.15, 0.2) is 30.3 Å². The summed E-state index contributed by atoms with van der Waals surface area (Å²) in [7, 11) is 0. The molecule has 1 fully saturated rings. The molecule has 1 N–H and O–H groups in total. The first-order valence-electron chi connectivity index (χ1n) is 10.2. The van der Waals surface area contributed by atoms with Crippen LogP contribution in [0.4, 0.5) is 5.69 Å². The molecule has 1 amide bonds. The van der Waals surface area contributed by atoms with Gasteiger partial charge >= 0.3 is 0 Å². The molecule has 0 spiro atoms. The summed E-state index contributed by atoms with van der Waals surface area (Å²) in [5, 5.41) is 0. The molecule has 2 aromatic carbocycles. The molecule has 1 saturated heterocycles. The standard InChI is InChI=1S/C23H25N3O2/c1-14-7-3-4-8-16(14)20-11-10-17-19(26-12-6-5-9-21(26)27)13-18-22(23(17)28-20)25-15(2)24-18/h3-4,7-8,13,20H,5-6,9-12H2,1-2H3,(H,24,25)/t20-/m0/s1. The van der Waals surface area contributed by atoms with E-state index in [9.17, 15) is 4.79 Å². The van der Waals surface area contributed by atoms with Crippen molar-refractivity contribution in [2.24, 2.45) is 0 Å². The van der Waals surface area contributed by atoms with Crippen molar-refractivity contribution >= 4 is 22.6 Å². The van der Waals surface area contributed by atoms with Gasteiger partial charge in [0.1, 0.15) is 17.4 Å². The van der Waals surface area contributed by atoms with Crippen molar-refractivity contribution in [1.82, 2.24) is 9.97 Å². The predicted octanol–water partition coefficient (Wildman–Crippen LogP) is 4.76. The maximum atomic E-state index is 12.6. The quantitative estimate of drug-likeness (QED) is 0.702. The van der Waals surface area contributed by atoms with E-state index in [0.717, 1.165) is 66.1 Å². The first kappa shape index (κ1) is 17.3. The highest BCUT2D eigenvalue weighted by molar-refractivity contribution is 5.99. The fourth-order valence-corrected chi connectivity index (χ4v) is 4.58. The second-order valence-corrected chi connectivity index (χ2v) is 7.93. The van der Waals surface area contributed by atoms with Crippen LogP contribution >= 0.6 is 0 Å². The zero-order valence-corrected chi connectivity index (χ0v) is 16.4. The largest absolute Gasteiger partial charge is 0.483 e. The number of aromatic amines is 1. The molecule has 0 saturated carbocycles. The molecule has 28 heavy (non-hydrogen) atoms. The number of rotatable bonds is 2. The van der Waals surface area contributed by atoms with Gasteiger partial charge in [0, 0.05) is 18.5 Å². The fourth-order valence-electron chi connectivity index (χ4n) is 4.58. The highest BCUT2D eigenvalue weighted by atomic mass is 16.5. The second kappa shape index (κ2) is 6.66. The number of ether oxygens (including phenoxy) is 1. The zero-order valence-electron chi connectivity index (χ0n) is 16.4. The number of benzene rings is 2. The molecule has 0 aliphatic carbocycles. The van der Waals surface area contributed by atoms with Gasteiger partial charge in [-0.15, -0.1) is 0 Å². The minimum Gasteiger partial charge on any atom is -0.483 e. The second-order valence-electron chi connectivity index (χ2n) is 7.93. The van der Waals surface area contributed by atoms with Crippen LogP contribution in [-0.2, 0) is 11.2 Å². The zero-order chi connectivity index (χ0) is 19.3. The number of H-pyrrole nitrogens is 1. The number of nitrogens with zero attached hydrogens (tertiary/aromatic N) is 2. The topological polar surface area (TPSA) is 58.2 Å². The number of piperidine rings is 1. The van der Waals surface area contributed by atoms with Gasteiger partial charge < -0.3 is 14.6 Å². The lowest BCUT2D eigenvalue weighted by Crippen LogP contribution is -2.36. The molecule has 0 unspecified atom stereocenters. The van der Waals surface area contributed by atoms with E-state index in [1.807, 2.05) is 11.8 Å². The Morgan fingerprint density at radius 1 is 1.18 bits per heavy atom. The van der Waals surface area contributed by atoms with Gasteiger partial charge in [-0.05, 0) is 56.7 Å². The smallest absolute Gasteiger partial charge is 0.226 e. The number of imidazole rings is 1. The van der Waals surface area contributed by atoms with E-state index in [1.54, 1.807) is 0 Å². The number of aryl methyl sites for hydroxylation is 2. The van der Waals surface area contributed by atoms with E-state index in [-0.39, 0.29) is 12.0 Å². The van der Waals surface area contributed by atoms with Crippen LogP contribution in [0.3, 0.4) is 0 Å². The van der Waals surface area contributed by atoms with Crippen LogP contribution in [0.1, 0.15) is 54.3 Å². The molecule has 3 heterocycles. The third-order valence-corrected chi connectivity index (χ3v) is 6.00. The SMILES string of the molecule is Cc1nc2c3c(c(N4CCCCC4=O)cc2[nH]1)CC[C@@H](c1ccccc1C)O3. The van der Waals surface area contributed by atoms with Crippen molar-refractivity contribution in [3.05, 3.63) is 52.8 Å². The minimum absolute atomic E-state index is 0.0150. The lowest BCUT2D eigenvalue weighted by molar-refractivity contribution is -0.119. The van der Waals surface area contributed by atoms with Crippen molar-refractivity contribution in [3.63, 3.8) is 0 Å². The molecule has 3 aromatic rings. The molecule has 144 valence electrons. The Morgan fingerprint density at radius 3 is 2.86 bits per heavy atom. The first-order valence-corrected chi connectivity index (χ1v) is 10.2. The summed E-state index contributed by atoms with van der Waals surface area (Å²) in [6, 6.07) is 10.5. The summed E-state index contributed by atoms with van der Waals surface area (Å²) in [5.41, 5.74) is 6.41. The van der Waals surface area contributed by atoms with Gasteiger partial charge in [0.15, 0.2) is 5.75 Å². The van der Waals surface area contributed by atoms with Gasteiger partial charge in [0.2, 0.25) is 5.91 Å². The number of carbonyl (C=O) groups excluding carboxylic acids is 1. The summed E-state index contributed by atoms with van der Waals surface area (Å²) in [6.07, 6.45) is 4.46.